The van der Waals surface area contributed by atoms with Crippen LogP contribution in [0.25, 0.3) is 5.52 Å². The van der Waals surface area contributed by atoms with Crippen molar-refractivity contribution in [3.05, 3.63) is 77.6 Å². The van der Waals surface area contributed by atoms with E-state index in [-0.39, 0.29) is 5.97 Å². The van der Waals surface area contributed by atoms with Gasteiger partial charge in [0.2, 0.25) is 0 Å². The fourth-order valence-electron chi connectivity index (χ4n) is 3.07. The Morgan fingerprint density at radius 2 is 1.92 bits per heavy atom. The zero-order valence-electron chi connectivity index (χ0n) is 14.8. The summed E-state index contributed by atoms with van der Waals surface area (Å²) < 4.78 is 6.74. The van der Waals surface area contributed by atoms with Crippen LogP contribution in [0.15, 0.2) is 60.9 Å². The first kappa shape index (κ1) is 17.7. The van der Waals surface area contributed by atoms with Crippen LogP contribution < -0.4 is 0 Å². The van der Waals surface area contributed by atoms with Crippen LogP contribution in [0.1, 0.15) is 23.1 Å². The second-order valence-corrected chi connectivity index (χ2v) is 6.16. The monoisotopic (exact) mass is 347 g/mol. The van der Waals surface area contributed by atoms with Gasteiger partial charge >= 0.3 is 5.97 Å². The van der Waals surface area contributed by atoms with Crippen LogP contribution in [0.2, 0.25) is 0 Å². The quantitative estimate of drug-likeness (QED) is 0.615. The number of esters is 1. The second kappa shape index (κ2) is 8.32. The first-order chi connectivity index (χ1) is 12.7. The molecule has 26 heavy (non-hydrogen) atoms. The molecule has 5 heteroatoms. The highest BCUT2D eigenvalue weighted by molar-refractivity contribution is 5.69. The zero-order valence-corrected chi connectivity index (χ0v) is 14.8. The minimum absolute atomic E-state index is 0.231. The number of carbonyl (C=O) groups is 1. The molecule has 0 unspecified atom stereocenters. The summed E-state index contributed by atoms with van der Waals surface area (Å²) in [4.78, 5) is 13.7. The minimum atomic E-state index is -0.231. The Bertz CT molecular complexity index is 925. The molecule has 5 nitrogen and oxygen atoms in total. The fourth-order valence-corrected chi connectivity index (χ4v) is 3.07. The fraction of sp³-hybridized carbons (Fsp3) is 0.238. The van der Waals surface area contributed by atoms with Crippen molar-refractivity contribution in [3.8, 4) is 6.07 Å². The summed E-state index contributed by atoms with van der Waals surface area (Å²) in [6, 6.07) is 18.2. The number of ether oxygens (including phenoxy) is 1. The van der Waals surface area contributed by atoms with Crippen LogP contribution >= 0.6 is 0 Å². The Balaban J connectivity index is 1.85. The van der Waals surface area contributed by atoms with Gasteiger partial charge in [0.15, 0.2) is 0 Å². The molecule has 0 saturated carbocycles. The highest BCUT2D eigenvalue weighted by Crippen LogP contribution is 2.20. The Morgan fingerprint density at radius 3 is 2.65 bits per heavy atom. The van der Waals surface area contributed by atoms with E-state index in [1.807, 2.05) is 53.2 Å². The number of carbonyl (C=O) groups excluding carboxylic acids is 1. The summed E-state index contributed by atoms with van der Waals surface area (Å²) in [5, 5.41) is 9.61. The molecule has 0 bridgehead atoms. The topological polar surface area (TPSA) is 57.7 Å². The number of benzene rings is 1. The molecule has 132 valence electrons. The molecule has 3 aromatic rings. The van der Waals surface area contributed by atoms with Crippen LogP contribution in [0.3, 0.4) is 0 Å². The van der Waals surface area contributed by atoms with Gasteiger partial charge in [0.1, 0.15) is 6.07 Å². The maximum absolute atomic E-state index is 11.6. The summed E-state index contributed by atoms with van der Waals surface area (Å²) in [6.07, 6.45) is 4.25. The zero-order chi connectivity index (χ0) is 18.4. The molecule has 0 aliphatic rings. The molecule has 0 N–H and O–H groups in total. The van der Waals surface area contributed by atoms with Gasteiger partial charge in [-0.25, -0.2) is 0 Å². The Labute approximate surface area is 153 Å². The van der Waals surface area contributed by atoms with Crippen molar-refractivity contribution in [2.75, 3.05) is 13.7 Å². The summed E-state index contributed by atoms with van der Waals surface area (Å²) in [5.74, 6) is -0.231. The van der Waals surface area contributed by atoms with Crippen LogP contribution in [-0.2, 0) is 22.6 Å². The molecular weight excluding hydrogens is 326 g/mol. The summed E-state index contributed by atoms with van der Waals surface area (Å²) in [5.41, 5.74) is 3.71. The summed E-state index contributed by atoms with van der Waals surface area (Å²) in [7, 11) is 1.40. The molecule has 0 amide bonds. The van der Waals surface area contributed by atoms with Crippen LogP contribution in [0, 0.1) is 11.3 Å². The van der Waals surface area contributed by atoms with E-state index >= 15 is 0 Å². The maximum atomic E-state index is 11.6. The molecule has 2 aromatic heterocycles. The van der Waals surface area contributed by atoms with Gasteiger partial charge in [-0.05, 0) is 17.7 Å². The van der Waals surface area contributed by atoms with Crippen molar-refractivity contribution in [3.63, 3.8) is 0 Å². The number of nitriles is 1. The molecule has 0 aliphatic heterocycles. The van der Waals surface area contributed by atoms with Gasteiger partial charge in [-0.2, -0.15) is 5.26 Å². The lowest BCUT2D eigenvalue weighted by Gasteiger charge is -2.21. The lowest BCUT2D eigenvalue weighted by atomic mass is 10.1. The van der Waals surface area contributed by atoms with Gasteiger partial charge in [-0.1, -0.05) is 36.4 Å². The molecule has 2 heterocycles. The van der Waals surface area contributed by atoms with Crippen molar-refractivity contribution in [1.82, 2.24) is 9.30 Å². The van der Waals surface area contributed by atoms with Crippen LogP contribution in [0.4, 0.5) is 0 Å². The molecule has 1 aromatic carbocycles. The molecule has 3 rings (SSSR count). The Kier molecular flexibility index (Phi) is 5.67. The molecule has 0 radical (unpaired) electrons. The predicted octanol–water partition coefficient (Wildman–Crippen LogP) is 3.38. The smallest absolute Gasteiger partial charge is 0.306 e. The predicted molar refractivity (Wildman–Crippen MR) is 99.3 cm³/mol. The van der Waals surface area contributed by atoms with Crippen LogP contribution in [0.5, 0.6) is 0 Å². The van der Waals surface area contributed by atoms with E-state index in [2.05, 4.69) is 23.1 Å². The third kappa shape index (κ3) is 4.11. The largest absolute Gasteiger partial charge is 0.469 e. The van der Waals surface area contributed by atoms with Gasteiger partial charge in [0.25, 0.3) is 0 Å². The van der Waals surface area contributed by atoms with E-state index < -0.39 is 0 Å². The summed E-state index contributed by atoms with van der Waals surface area (Å²) >= 11 is 0. The van der Waals surface area contributed by atoms with E-state index in [0.717, 1.165) is 11.1 Å². The Morgan fingerprint density at radius 1 is 1.15 bits per heavy atom. The molecule has 0 spiro atoms. The van der Waals surface area contributed by atoms with E-state index in [4.69, 9.17) is 4.74 Å². The van der Waals surface area contributed by atoms with Gasteiger partial charge in [0, 0.05) is 37.6 Å². The number of rotatable bonds is 7. The lowest BCUT2D eigenvalue weighted by molar-refractivity contribution is -0.141. The van der Waals surface area contributed by atoms with Gasteiger partial charge in [-0.3, -0.25) is 9.69 Å². The molecule has 0 aliphatic carbocycles. The molecule has 0 fully saturated rings. The first-order valence-corrected chi connectivity index (χ1v) is 8.53. The molecule has 0 atom stereocenters. The van der Waals surface area contributed by atoms with Crippen molar-refractivity contribution >= 4 is 11.5 Å². The van der Waals surface area contributed by atoms with Crippen LogP contribution in [-0.4, -0.2) is 28.9 Å². The molecule has 0 saturated heterocycles. The second-order valence-electron chi connectivity index (χ2n) is 6.16. The van der Waals surface area contributed by atoms with Gasteiger partial charge < -0.3 is 9.14 Å². The lowest BCUT2D eigenvalue weighted by Crippen LogP contribution is -2.26. The SMILES string of the molecule is COC(=O)CCN(Cc1ccccc1)Cc1cn2ccccc2c1C#N. The number of methoxy groups -OCH3 is 1. The number of pyridine rings is 1. The average molecular weight is 347 g/mol. The third-order valence-corrected chi connectivity index (χ3v) is 4.38. The summed E-state index contributed by atoms with van der Waals surface area (Å²) in [6.45, 7) is 1.87. The number of hydrogen-bond acceptors (Lipinski definition) is 4. The minimum Gasteiger partial charge on any atom is -0.469 e. The van der Waals surface area contributed by atoms with E-state index in [0.29, 0.717) is 31.6 Å². The van der Waals surface area contributed by atoms with E-state index in [1.54, 1.807) is 0 Å². The number of hydrogen-bond donors (Lipinski definition) is 0. The van der Waals surface area contributed by atoms with Gasteiger partial charge in [-0.15, -0.1) is 0 Å². The van der Waals surface area contributed by atoms with Crippen molar-refractivity contribution in [2.45, 2.75) is 19.5 Å². The van der Waals surface area contributed by atoms with Gasteiger partial charge in [0.05, 0.1) is 24.6 Å². The third-order valence-electron chi connectivity index (χ3n) is 4.38. The maximum Gasteiger partial charge on any atom is 0.306 e. The van der Waals surface area contributed by atoms with E-state index in [9.17, 15) is 10.1 Å². The normalized spacial score (nSPS) is 10.8. The highest BCUT2D eigenvalue weighted by Gasteiger charge is 2.15. The number of aromatic nitrogens is 1. The van der Waals surface area contributed by atoms with E-state index in [1.165, 1.54) is 12.7 Å². The first-order valence-electron chi connectivity index (χ1n) is 8.53. The van der Waals surface area contributed by atoms with Crippen molar-refractivity contribution in [2.24, 2.45) is 0 Å². The highest BCUT2D eigenvalue weighted by atomic mass is 16.5. The molecular formula is C21H21N3O2. The standard InChI is InChI=1S/C21H21N3O2/c1-26-21(25)10-12-23(14-17-7-3-2-4-8-17)15-18-16-24-11-6-5-9-20(24)19(18)13-22/h2-9,11,16H,10,12,14-15H2,1H3. The average Bonchev–Trinajstić information content (AvgIpc) is 3.03. The number of fused-ring (bicyclic) bond motifs is 1. The Hall–Kier alpha value is -3.10. The van der Waals surface area contributed by atoms with Crippen molar-refractivity contribution in [1.29, 1.82) is 5.26 Å². The van der Waals surface area contributed by atoms with Crippen molar-refractivity contribution < 1.29 is 9.53 Å². The number of nitrogens with zero attached hydrogens (tertiary/aromatic N) is 3.